The van der Waals surface area contributed by atoms with Crippen LogP contribution in [0.1, 0.15) is 0 Å². The van der Waals surface area contributed by atoms with Gasteiger partial charge < -0.3 is 27.4 Å². The maximum absolute atomic E-state index is 2.50. The Morgan fingerprint density at radius 1 is 0.136 bits per heavy atom. The van der Waals surface area contributed by atoms with Crippen LogP contribution >= 0.6 is 34.0 Å². The van der Waals surface area contributed by atoms with E-state index in [0.717, 1.165) is 11.4 Å². The normalized spacial score (nSPS) is 12.1. The Balaban J connectivity index is 0.0000000999. The van der Waals surface area contributed by atoms with Crippen LogP contribution in [-0.4, -0.2) is 27.4 Å². The quantitative estimate of drug-likeness (QED) is 0.138. The average Bonchev–Trinajstić information content (AvgIpc) is 1.55. The number of thiophene rings is 3. The van der Waals surface area contributed by atoms with E-state index in [1.807, 2.05) is 34.0 Å². The Bertz CT molecular complexity index is 11300. The van der Waals surface area contributed by atoms with Crippen LogP contribution in [0.15, 0.2) is 510 Å². The van der Waals surface area contributed by atoms with E-state index < -0.39 is 0 Å². The van der Waals surface area contributed by atoms with E-state index in [2.05, 4.69) is 537 Å². The fourth-order valence-electron chi connectivity index (χ4n) is 24.6. The predicted octanol–water partition coefficient (Wildman–Crippen LogP) is 39.2. The zero-order chi connectivity index (χ0) is 96.2. The summed E-state index contributed by atoms with van der Waals surface area (Å²) in [4.78, 5) is 0. The third-order valence-corrected chi connectivity index (χ3v) is 34.6. The van der Waals surface area contributed by atoms with E-state index in [9.17, 15) is 0 Å². The summed E-state index contributed by atoms with van der Waals surface area (Å²) in [5.74, 6) is 0. The number of nitrogens with zero attached hydrogens (tertiary/aromatic N) is 6. The maximum atomic E-state index is 2.50. The lowest BCUT2D eigenvalue weighted by molar-refractivity contribution is 1.18. The summed E-state index contributed by atoms with van der Waals surface area (Å²) >= 11 is 5.66. The van der Waals surface area contributed by atoms with Crippen molar-refractivity contribution in [2.24, 2.45) is 0 Å². The highest BCUT2D eigenvalue weighted by molar-refractivity contribution is 7.27. The summed E-state index contributed by atoms with van der Waals surface area (Å²) in [6.45, 7) is 0. The Morgan fingerprint density at radius 2 is 0.456 bits per heavy atom. The first-order valence-electron chi connectivity index (χ1n) is 50.3. The van der Waals surface area contributed by atoms with Gasteiger partial charge in [0.2, 0.25) is 0 Å². The lowest BCUT2D eigenvalue weighted by Gasteiger charge is -2.15. The van der Waals surface area contributed by atoms with Gasteiger partial charge in [0.15, 0.2) is 0 Å². The summed E-state index contributed by atoms with van der Waals surface area (Å²) in [6, 6.07) is 187. The Hall–Kier alpha value is -18.5. The number of benzene rings is 24. The van der Waals surface area contributed by atoms with E-state index in [1.165, 1.54) is 280 Å². The van der Waals surface area contributed by atoms with Crippen molar-refractivity contribution < 1.29 is 0 Å². The van der Waals surface area contributed by atoms with Crippen LogP contribution in [0.25, 0.3) is 291 Å². The molecule has 0 aliphatic heterocycles. The number of aromatic nitrogens is 6. The van der Waals surface area contributed by atoms with Crippen LogP contribution in [0.4, 0.5) is 0 Å². The Morgan fingerprint density at radius 3 is 0.952 bits per heavy atom. The molecule has 684 valence electrons. The van der Waals surface area contributed by atoms with E-state index in [1.54, 1.807) is 0 Å². The van der Waals surface area contributed by atoms with Crippen molar-refractivity contribution in [1.82, 2.24) is 27.4 Å². The molecule has 0 saturated heterocycles. The van der Waals surface area contributed by atoms with Crippen molar-refractivity contribution in [3.05, 3.63) is 510 Å². The topological polar surface area (TPSA) is 29.6 Å². The molecule has 0 radical (unpaired) electrons. The highest BCUT2D eigenvalue weighted by atomic mass is 32.1. The smallest absolute Gasteiger partial charge is 0.0641 e. The number of hydrogen-bond acceptors (Lipinski definition) is 3. The summed E-state index contributed by atoms with van der Waals surface area (Å²) in [5, 5.41) is 30.7. The lowest BCUT2D eigenvalue weighted by atomic mass is 9.96. The van der Waals surface area contributed by atoms with Crippen molar-refractivity contribution in [3.63, 3.8) is 0 Å². The molecule has 9 heterocycles. The minimum atomic E-state index is 1.16. The van der Waals surface area contributed by atoms with Crippen molar-refractivity contribution in [2.45, 2.75) is 0 Å². The van der Waals surface area contributed by atoms with Gasteiger partial charge in [0.05, 0.1) is 71.9 Å². The van der Waals surface area contributed by atoms with Crippen molar-refractivity contribution in [1.29, 1.82) is 0 Å². The Kier molecular flexibility index (Phi) is 18.7. The van der Waals surface area contributed by atoms with Crippen molar-refractivity contribution >= 4 is 258 Å². The van der Waals surface area contributed by atoms with Crippen LogP contribution < -0.4 is 0 Å². The van der Waals surface area contributed by atoms with Gasteiger partial charge in [-0.25, -0.2) is 0 Å². The monoisotopic (exact) mass is 1920 g/mol. The second-order valence-electron chi connectivity index (χ2n) is 38.7. The molecule has 33 rings (SSSR count). The van der Waals surface area contributed by atoms with E-state index in [-0.39, 0.29) is 0 Å². The SMILES string of the molecule is c1ccc(-n2c3c4ccccc4ccc3c3ccc4c(c5ccccc5n4-c4ccc(-c5cccc6c5sc5ccccc56)cc4)c32)cc1.c1ccc(-n2c3ccccc3c3ccc4c(c5ccccc5n4-c4ccc(-c5cccc6c5sc5ccccc56)c5ccccc45)c32)cc1.c1ccc2cc(-n3c4ccccc4c4ccc5c(c6ccccc6n5-c5ccc(-c6cccc7c6sc6ccccc67)cc5)c43)ccc2c1. The lowest BCUT2D eigenvalue weighted by Crippen LogP contribution is -1.97. The van der Waals surface area contributed by atoms with Crippen LogP contribution in [0.2, 0.25) is 0 Å². The van der Waals surface area contributed by atoms with Crippen LogP contribution in [0, 0.1) is 0 Å². The third-order valence-electron chi connectivity index (χ3n) is 30.9. The van der Waals surface area contributed by atoms with Crippen molar-refractivity contribution in [3.8, 4) is 67.5 Å². The fraction of sp³-hybridized carbons (Fsp3) is 0. The molecule has 0 bridgehead atoms. The molecule has 0 aliphatic rings. The van der Waals surface area contributed by atoms with Crippen LogP contribution in [-0.2, 0) is 0 Å². The average molecular weight is 1920 g/mol. The minimum absolute atomic E-state index is 1.16. The highest BCUT2D eigenvalue weighted by Crippen LogP contribution is 2.52. The van der Waals surface area contributed by atoms with Gasteiger partial charge >= 0.3 is 0 Å². The first-order valence-corrected chi connectivity index (χ1v) is 52.8. The second-order valence-corrected chi connectivity index (χ2v) is 41.8. The third kappa shape index (κ3) is 12.7. The molecular formula is C138H84N6S3. The molecule has 9 aromatic heterocycles. The van der Waals surface area contributed by atoms with Gasteiger partial charge in [-0.3, -0.25) is 0 Å². The fourth-order valence-corrected chi connectivity index (χ4v) is 28.3. The first kappa shape index (κ1) is 83.2. The summed E-state index contributed by atoms with van der Waals surface area (Å²) < 4.78 is 22.8. The van der Waals surface area contributed by atoms with E-state index in [4.69, 9.17) is 0 Å². The molecule has 0 N–H and O–H groups in total. The number of fused-ring (bicyclic) bond motifs is 34. The standard InChI is InChI=1S/3C46H28N2S/c1-2-11-31-28-33(25-20-29(31)10-1)48-40-17-6-3-12-35(40)37-26-27-42-44(45(37)48)39-14-4-7-18-41(39)47(42)32-23-21-30(22-24-32)34-15-9-16-38-36-13-5-8-19-43(36)49-46(34)38;1-2-13-29(14-3-1)47-39-22-9-6-17-33(39)35-26-28-42-44(45(35)47)38-19-7-10-23-40(38)48(42)41-27-25-31(30-15-4-5-16-32(30)41)36-20-12-21-37-34-18-8-11-24-43(34)49-46(36)37;1-2-12-31(13-3-1)48-44-33-14-5-4-11-29(33)23-26-36(44)37-27-28-41-43(45(37)48)39-16-6-8-19-40(39)47(41)32-24-21-30(22-25-32)34-17-10-18-38-35-15-7-9-20-42(35)49-46(34)38/h3*1-28H. The molecule has 0 saturated carbocycles. The maximum Gasteiger partial charge on any atom is 0.0641 e. The summed E-state index contributed by atoms with van der Waals surface area (Å²) in [7, 11) is 0. The largest absolute Gasteiger partial charge is 0.309 e. The number of para-hydroxylation sites is 7. The second kappa shape index (κ2) is 33.1. The van der Waals surface area contributed by atoms with Gasteiger partial charge in [0.25, 0.3) is 0 Å². The van der Waals surface area contributed by atoms with E-state index >= 15 is 0 Å². The minimum Gasteiger partial charge on any atom is -0.309 e. The molecular weight excluding hydrogens is 1840 g/mol. The van der Waals surface area contributed by atoms with Gasteiger partial charge in [0.1, 0.15) is 0 Å². The molecule has 24 aromatic carbocycles. The molecule has 0 aliphatic carbocycles. The van der Waals surface area contributed by atoms with Crippen LogP contribution in [0.5, 0.6) is 0 Å². The van der Waals surface area contributed by atoms with Gasteiger partial charge in [-0.2, -0.15) is 0 Å². The zero-order valence-electron chi connectivity index (χ0n) is 79.4. The predicted molar refractivity (Wildman–Crippen MR) is 633 cm³/mol. The van der Waals surface area contributed by atoms with E-state index in [0.29, 0.717) is 0 Å². The zero-order valence-corrected chi connectivity index (χ0v) is 81.9. The summed E-state index contributed by atoms with van der Waals surface area (Å²) in [5.41, 5.74) is 29.3. The molecule has 9 heteroatoms. The molecule has 0 atom stereocenters. The summed E-state index contributed by atoms with van der Waals surface area (Å²) in [6.07, 6.45) is 0. The van der Waals surface area contributed by atoms with Crippen LogP contribution in [0.3, 0.4) is 0 Å². The van der Waals surface area contributed by atoms with Gasteiger partial charge in [-0.15, -0.1) is 34.0 Å². The Labute approximate surface area is 855 Å². The van der Waals surface area contributed by atoms with Gasteiger partial charge in [-0.05, 0) is 183 Å². The van der Waals surface area contributed by atoms with Crippen molar-refractivity contribution in [2.75, 3.05) is 0 Å². The number of hydrogen-bond donors (Lipinski definition) is 0. The molecule has 147 heavy (non-hydrogen) atoms. The molecule has 33 aromatic rings. The molecule has 0 spiro atoms. The first-order chi connectivity index (χ1) is 73.0. The van der Waals surface area contributed by atoms with Gasteiger partial charge in [0, 0.05) is 170 Å². The molecule has 0 unspecified atom stereocenters. The molecule has 0 amide bonds. The molecule has 0 fully saturated rings. The van der Waals surface area contributed by atoms with Gasteiger partial charge in [-0.1, -0.05) is 376 Å². The highest BCUT2D eigenvalue weighted by Gasteiger charge is 2.29. The number of rotatable bonds is 9. The molecule has 6 nitrogen and oxygen atoms in total.